The Morgan fingerprint density at radius 2 is 2.10 bits per heavy atom. The van der Waals surface area contributed by atoms with Crippen molar-refractivity contribution in [3.8, 4) is 5.75 Å². The molecule has 0 fully saturated rings. The summed E-state index contributed by atoms with van der Waals surface area (Å²) >= 11 is 0. The summed E-state index contributed by atoms with van der Waals surface area (Å²) < 4.78 is 44.5. The maximum Gasteiger partial charge on any atom is 0.417 e. The molecule has 2 aromatic heterocycles. The van der Waals surface area contributed by atoms with E-state index in [1.807, 2.05) is 0 Å². The van der Waals surface area contributed by atoms with Crippen molar-refractivity contribution in [2.45, 2.75) is 12.2 Å². The summed E-state index contributed by atoms with van der Waals surface area (Å²) in [5.74, 6) is -0.778. The zero-order valence-corrected chi connectivity index (χ0v) is 14.9. The van der Waals surface area contributed by atoms with Crippen molar-refractivity contribution in [1.82, 2.24) is 20.5 Å². The van der Waals surface area contributed by atoms with Gasteiger partial charge < -0.3 is 15.0 Å². The van der Waals surface area contributed by atoms with E-state index in [1.165, 1.54) is 4.90 Å². The smallest absolute Gasteiger partial charge is 0.417 e. The second-order valence-corrected chi connectivity index (χ2v) is 6.39. The summed E-state index contributed by atoms with van der Waals surface area (Å²) in [6.45, 7) is -0.139. The van der Waals surface area contributed by atoms with Crippen LogP contribution < -0.4 is 15.0 Å². The fraction of sp³-hybridized carbons (Fsp3) is 0.222. The number of nitrogens with zero attached hydrogens (tertiary/aromatic N) is 3. The van der Waals surface area contributed by atoms with Crippen molar-refractivity contribution < 1.29 is 27.5 Å². The molecule has 0 bridgehead atoms. The van der Waals surface area contributed by atoms with Crippen molar-refractivity contribution in [2.24, 2.45) is 0 Å². The van der Waals surface area contributed by atoms with Gasteiger partial charge in [0, 0.05) is 13.2 Å². The van der Waals surface area contributed by atoms with Crippen molar-refractivity contribution in [3.63, 3.8) is 0 Å². The van der Waals surface area contributed by atoms with Gasteiger partial charge in [0.15, 0.2) is 11.3 Å². The number of aromatic nitrogens is 3. The van der Waals surface area contributed by atoms with E-state index in [9.17, 15) is 22.8 Å². The number of alkyl halides is 3. The van der Waals surface area contributed by atoms with Gasteiger partial charge in [-0.05, 0) is 18.2 Å². The van der Waals surface area contributed by atoms with Gasteiger partial charge >= 0.3 is 6.18 Å². The van der Waals surface area contributed by atoms with Gasteiger partial charge in [-0.15, -0.1) is 0 Å². The summed E-state index contributed by atoms with van der Waals surface area (Å²) in [4.78, 5) is 30.4. The summed E-state index contributed by atoms with van der Waals surface area (Å²) in [6.07, 6.45) is -3.97. The first-order valence-electron chi connectivity index (χ1n) is 8.47. The van der Waals surface area contributed by atoms with E-state index in [2.05, 4.69) is 20.5 Å². The van der Waals surface area contributed by atoms with Gasteiger partial charge in [-0.1, -0.05) is 12.1 Å². The number of nitrogens with one attached hydrogen (secondary N) is 2. The molecular weight excluding hydrogens is 391 g/mol. The van der Waals surface area contributed by atoms with Crippen LogP contribution in [0.3, 0.4) is 0 Å². The van der Waals surface area contributed by atoms with Crippen LogP contribution in [-0.4, -0.2) is 46.7 Å². The van der Waals surface area contributed by atoms with Crippen molar-refractivity contribution in [1.29, 1.82) is 0 Å². The molecule has 1 atom stereocenters. The summed E-state index contributed by atoms with van der Waals surface area (Å²) in [5, 5.41) is 8.55. The predicted molar refractivity (Wildman–Crippen MR) is 95.5 cm³/mol. The largest absolute Gasteiger partial charge is 0.489 e. The van der Waals surface area contributed by atoms with E-state index in [0.717, 1.165) is 6.07 Å². The SMILES string of the molecule is CN1C(=O)[C@@H](NC(=O)c2n[nH]c3ncc(C(F)(F)F)cc23)COc2ccccc21. The minimum Gasteiger partial charge on any atom is -0.489 e. The van der Waals surface area contributed by atoms with Crippen LogP contribution in [0.25, 0.3) is 11.0 Å². The number of H-pyrrole nitrogens is 1. The molecule has 0 unspecified atom stereocenters. The average molecular weight is 405 g/mol. The fourth-order valence-electron chi connectivity index (χ4n) is 3.01. The molecule has 3 aromatic rings. The number of halogens is 3. The standard InChI is InChI=1S/C18H14F3N5O3/c1-26-12-4-2-3-5-13(12)29-8-11(17(26)28)23-16(27)14-10-6-9(18(19,20)21)7-22-15(10)25-24-14/h2-7,11H,8H2,1H3,(H,23,27)(H,22,24,25)/t11-/m0/s1. The second kappa shape index (κ2) is 6.76. The first-order valence-corrected chi connectivity index (χ1v) is 8.47. The van der Waals surface area contributed by atoms with Gasteiger partial charge in [-0.3, -0.25) is 14.7 Å². The molecule has 0 saturated heterocycles. The van der Waals surface area contributed by atoms with Crippen LogP contribution >= 0.6 is 0 Å². The number of amides is 2. The maximum atomic E-state index is 13.0. The number of benzene rings is 1. The zero-order valence-electron chi connectivity index (χ0n) is 14.9. The Hall–Kier alpha value is -3.63. The van der Waals surface area contributed by atoms with Crippen molar-refractivity contribution >= 4 is 28.5 Å². The monoisotopic (exact) mass is 405 g/mol. The number of hydrogen-bond acceptors (Lipinski definition) is 5. The quantitative estimate of drug-likeness (QED) is 0.681. The molecule has 0 saturated carbocycles. The Labute approximate surface area is 161 Å². The molecule has 0 spiro atoms. The summed E-state index contributed by atoms with van der Waals surface area (Å²) in [5.41, 5.74) is -0.741. The molecule has 1 aliphatic heterocycles. The van der Waals surface area contributed by atoms with E-state index in [4.69, 9.17) is 4.74 Å². The Morgan fingerprint density at radius 1 is 1.34 bits per heavy atom. The highest BCUT2D eigenvalue weighted by Gasteiger charge is 2.34. The topological polar surface area (TPSA) is 100 Å². The Kier molecular flexibility index (Phi) is 4.36. The van der Waals surface area contributed by atoms with Crippen LogP contribution in [0.1, 0.15) is 16.1 Å². The Balaban J connectivity index is 1.61. The van der Waals surface area contributed by atoms with Gasteiger partial charge in [0.25, 0.3) is 11.8 Å². The average Bonchev–Trinajstić information content (AvgIpc) is 3.08. The van der Waals surface area contributed by atoms with Crippen LogP contribution in [-0.2, 0) is 11.0 Å². The lowest BCUT2D eigenvalue weighted by molar-refractivity contribution is -0.137. The number of likely N-dealkylation sites (N-methyl/N-ethyl adjacent to an activating group) is 1. The molecule has 0 radical (unpaired) electrons. The number of hydrogen-bond donors (Lipinski definition) is 2. The summed E-state index contributed by atoms with van der Waals surface area (Å²) in [6, 6.07) is 6.61. The molecule has 29 heavy (non-hydrogen) atoms. The molecule has 2 N–H and O–H groups in total. The van der Waals surface area contributed by atoms with Crippen LogP contribution in [0, 0.1) is 0 Å². The minimum absolute atomic E-state index is 0.0242. The second-order valence-electron chi connectivity index (χ2n) is 6.39. The highest BCUT2D eigenvalue weighted by molar-refractivity contribution is 6.07. The number of carbonyl (C=O) groups excluding carboxylic acids is 2. The Bertz CT molecular complexity index is 1110. The molecule has 2 amide bonds. The number of anilines is 1. The fourth-order valence-corrected chi connectivity index (χ4v) is 3.01. The predicted octanol–water partition coefficient (Wildman–Crippen LogP) is 2.13. The first kappa shape index (κ1) is 18.7. The molecule has 11 heteroatoms. The van der Waals surface area contributed by atoms with Gasteiger partial charge in [-0.2, -0.15) is 18.3 Å². The number of ether oxygens (including phenoxy) is 1. The van der Waals surface area contributed by atoms with E-state index < -0.39 is 29.6 Å². The molecule has 3 heterocycles. The van der Waals surface area contributed by atoms with Crippen LogP contribution in [0.5, 0.6) is 5.75 Å². The Morgan fingerprint density at radius 3 is 2.86 bits per heavy atom. The highest BCUT2D eigenvalue weighted by Crippen LogP contribution is 2.31. The lowest BCUT2D eigenvalue weighted by Crippen LogP contribution is -2.49. The van der Waals surface area contributed by atoms with Crippen molar-refractivity contribution in [2.75, 3.05) is 18.6 Å². The lowest BCUT2D eigenvalue weighted by atomic mass is 10.1. The number of pyridine rings is 1. The van der Waals surface area contributed by atoms with E-state index >= 15 is 0 Å². The third kappa shape index (κ3) is 3.35. The third-order valence-electron chi connectivity index (χ3n) is 4.52. The van der Waals surface area contributed by atoms with E-state index in [-0.39, 0.29) is 23.3 Å². The molecule has 0 aliphatic carbocycles. The summed E-state index contributed by atoms with van der Waals surface area (Å²) in [7, 11) is 1.54. The van der Waals surface area contributed by atoms with E-state index in [1.54, 1.807) is 31.3 Å². The van der Waals surface area contributed by atoms with Gasteiger partial charge in [0.2, 0.25) is 0 Å². The molecule has 8 nitrogen and oxygen atoms in total. The van der Waals surface area contributed by atoms with Crippen LogP contribution in [0.15, 0.2) is 36.5 Å². The molecular formula is C18H14F3N5O3. The minimum atomic E-state index is -4.62. The highest BCUT2D eigenvalue weighted by atomic mass is 19.4. The van der Waals surface area contributed by atoms with Crippen LogP contribution in [0.2, 0.25) is 0 Å². The third-order valence-corrected chi connectivity index (χ3v) is 4.52. The molecule has 4 rings (SSSR count). The molecule has 150 valence electrons. The normalized spacial score (nSPS) is 16.9. The van der Waals surface area contributed by atoms with Gasteiger partial charge in [0.1, 0.15) is 18.4 Å². The maximum absolute atomic E-state index is 13.0. The zero-order chi connectivity index (χ0) is 20.8. The number of carbonyl (C=O) groups is 2. The van der Waals surface area contributed by atoms with Crippen molar-refractivity contribution in [3.05, 3.63) is 47.8 Å². The number of para-hydroxylation sites is 2. The lowest BCUT2D eigenvalue weighted by Gasteiger charge is -2.20. The number of rotatable bonds is 2. The first-order chi connectivity index (χ1) is 13.8. The van der Waals surface area contributed by atoms with E-state index in [0.29, 0.717) is 17.6 Å². The number of fused-ring (bicyclic) bond motifs is 2. The van der Waals surface area contributed by atoms with Gasteiger partial charge in [-0.25, -0.2) is 4.98 Å². The van der Waals surface area contributed by atoms with Crippen LogP contribution in [0.4, 0.5) is 18.9 Å². The molecule has 1 aliphatic rings. The number of aromatic amines is 1. The molecule has 1 aromatic carbocycles. The van der Waals surface area contributed by atoms with Gasteiger partial charge in [0.05, 0.1) is 16.6 Å².